The SMILES string of the molecule is [C-]#[N+]c1cccc(Cc2cc(Nc3cccc(-c4noc(C)n4)c3OC)c3nc(C(F)F)n(C4CCCCO4)c3n2)n1. The van der Waals surface area contributed by atoms with Crippen molar-refractivity contribution in [2.45, 2.75) is 45.3 Å². The van der Waals surface area contributed by atoms with Crippen molar-refractivity contribution in [2.75, 3.05) is 19.0 Å². The van der Waals surface area contributed by atoms with Gasteiger partial charge < -0.3 is 24.2 Å². The number of pyridine rings is 2. The molecule has 0 aliphatic carbocycles. The number of nitrogens with zero attached hydrogens (tertiary/aromatic N) is 7. The maximum absolute atomic E-state index is 14.4. The maximum Gasteiger partial charge on any atom is 0.295 e. The van der Waals surface area contributed by atoms with Crippen LogP contribution in [0.25, 0.3) is 27.4 Å². The highest BCUT2D eigenvalue weighted by molar-refractivity contribution is 5.91. The van der Waals surface area contributed by atoms with Crippen LogP contribution >= 0.6 is 0 Å². The van der Waals surface area contributed by atoms with Gasteiger partial charge in [0.15, 0.2) is 17.2 Å². The Bertz CT molecular complexity index is 1790. The van der Waals surface area contributed by atoms with Crippen molar-refractivity contribution in [2.24, 2.45) is 0 Å². The van der Waals surface area contributed by atoms with Crippen molar-refractivity contribution in [3.05, 3.63) is 77.0 Å². The fourth-order valence-electron chi connectivity index (χ4n) is 5.08. The minimum Gasteiger partial charge on any atom is -0.494 e. The van der Waals surface area contributed by atoms with Crippen molar-refractivity contribution in [3.63, 3.8) is 0 Å². The fourth-order valence-corrected chi connectivity index (χ4v) is 5.08. The topological polar surface area (TPSA) is 117 Å². The van der Waals surface area contributed by atoms with Crippen LogP contribution in [0.2, 0.25) is 0 Å². The second-order valence-electron chi connectivity index (χ2n) is 9.72. The molecule has 0 saturated carbocycles. The molecule has 1 fully saturated rings. The van der Waals surface area contributed by atoms with Crippen LogP contribution in [0.5, 0.6) is 5.75 Å². The molecule has 5 aromatic rings. The number of ether oxygens (including phenoxy) is 2. The summed E-state index contributed by atoms with van der Waals surface area (Å²) in [5.41, 5.74) is 3.23. The predicted octanol–water partition coefficient (Wildman–Crippen LogP) is 6.72. The van der Waals surface area contributed by atoms with E-state index in [1.54, 1.807) is 49.4 Å². The number of anilines is 2. The Kier molecular flexibility index (Phi) is 7.45. The molecule has 1 unspecified atom stereocenters. The minimum atomic E-state index is -2.85. The Balaban J connectivity index is 1.51. The lowest BCUT2D eigenvalue weighted by Gasteiger charge is -2.25. The summed E-state index contributed by atoms with van der Waals surface area (Å²) >= 11 is 0. The van der Waals surface area contributed by atoms with Gasteiger partial charge in [0, 0.05) is 13.5 Å². The third-order valence-electron chi connectivity index (χ3n) is 6.89. The average Bonchev–Trinajstić information content (AvgIpc) is 3.61. The smallest absolute Gasteiger partial charge is 0.295 e. The lowest BCUT2D eigenvalue weighted by Crippen LogP contribution is -2.20. The van der Waals surface area contributed by atoms with Gasteiger partial charge in [0.05, 0.1) is 36.2 Å². The number of methoxy groups -OCH3 is 1. The molecule has 0 amide bonds. The highest BCUT2D eigenvalue weighted by Crippen LogP contribution is 2.40. The molecular formula is C29H26F2N8O3. The Morgan fingerprint density at radius 2 is 1.95 bits per heavy atom. The number of aryl methyl sites for hydroxylation is 1. The summed E-state index contributed by atoms with van der Waals surface area (Å²) < 4.78 is 47.0. The average molecular weight is 573 g/mol. The summed E-state index contributed by atoms with van der Waals surface area (Å²) in [6.45, 7) is 9.46. The van der Waals surface area contributed by atoms with E-state index in [2.05, 4.69) is 30.3 Å². The molecule has 5 heterocycles. The molecule has 1 atom stereocenters. The zero-order valence-corrected chi connectivity index (χ0v) is 22.8. The molecule has 1 saturated heterocycles. The van der Waals surface area contributed by atoms with Gasteiger partial charge in [-0.2, -0.15) is 4.98 Å². The Labute approximate surface area is 239 Å². The van der Waals surface area contributed by atoms with Crippen LogP contribution in [-0.2, 0) is 11.2 Å². The molecule has 1 N–H and O–H groups in total. The van der Waals surface area contributed by atoms with Crippen molar-refractivity contribution < 1.29 is 22.8 Å². The summed E-state index contributed by atoms with van der Waals surface area (Å²) in [5, 5.41) is 7.34. The number of hydrogen-bond acceptors (Lipinski definition) is 9. The number of rotatable bonds is 8. The van der Waals surface area contributed by atoms with Gasteiger partial charge >= 0.3 is 0 Å². The number of fused-ring (bicyclic) bond motifs is 1. The van der Waals surface area contributed by atoms with Gasteiger partial charge in [-0.1, -0.05) is 23.9 Å². The summed E-state index contributed by atoms with van der Waals surface area (Å²) in [7, 11) is 1.52. The molecule has 1 aliphatic rings. The Hall–Kier alpha value is -4.96. The second-order valence-corrected chi connectivity index (χ2v) is 9.72. The number of aromatic nitrogens is 6. The van der Waals surface area contributed by atoms with E-state index in [9.17, 15) is 8.78 Å². The van der Waals surface area contributed by atoms with Crippen LogP contribution < -0.4 is 10.1 Å². The van der Waals surface area contributed by atoms with Gasteiger partial charge in [0.2, 0.25) is 11.7 Å². The molecule has 42 heavy (non-hydrogen) atoms. The number of para-hydroxylation sites is 1. The highest BCUT2D eigenvalue weighted by Gasteiger charge is 2.29. The van der Waals surface area contributed by atoms with Gasteiger partial charge in [-0.05, 0) is 49.6 Å². The zero-order valence-electron chi connectivity index (χ0n) is 22.8. The molecule has 0 radical (unpaired) electrons. The lowest BCUT2D eigenvalue weighted by atomic mass is 10.1. The third kappa shape index (κ3) is 5.24. The zero-order chi connectivity index (χ0) is 29.2. The quantitative estimate of drug-likeness (QED) is 0.202. The Morgan fingerprint density at radius 1 is 1.10 bits per heavy atom. The first-order valence-corrected chi connectivity index (χ1v) is 13.3. The van der Waals surface area contributed by atoms with E-state index in [1.165, 1.54) is 11.7 Å². The van der Waals surface area contributed by atoms with E-state index in [-0.39, 0.29) is 23.4 Å². The molecule has 4 aromatic heterocycles. The van der Waals surface area contributed by atoms with Gasteiger partial charge in [0.25, 0.3) is 12.2 Å². The van der Waals surface area contributed by atoms with Gasteiger partial charge in [-0.3, -0.25) is 4.57 Å². The first kappa shape index (κ1) is 27.2. The standard InChI is InChI=1S/C29H26F2N8O3/c1-16-33-27(38-42-16)19-9-7-10-20(25(19)40-3)36-21-15-18(14-17-8-6-11-22(32-2)34-17)35-28-24(21)37-29(26(30)31)39(28)23-12-4-5-13-41-23/h6-11,15,23,26H,4-5,12-14H2,1,3H3,(H,35,36). The van der Waals surface area contributed by atoms with Crippen LogP contribution in [0.3, 0.4) is 0 Å². The van der Waals surface area contributed by atoms with E-state index >= 15 is 0 Å². The van der Waals surface area contributed by atoms with Crippen LogP contribution in [0.4, 0.5) is 26.0 Å². The molecule has 0 spiro atoms. The Morgan fingerprint density at radius 3 is 2.67 bits per heavy atom. The fraction of sp³-hybridized carbons (Fsp3) is 0.310. The molecule has 1 aromatic carbocycles. The van der Waals surface area contributed by atoms with Crippen molar-refractivity contribution in [1.29, 1.82) is 0 Å². The molecule has 1 aliphatic heterocycles. The van der Waals surface area contributed by atoms with Crippen LogP contribution in [0.1, 0.15) is 55.0 Å². The van der Waals surface area contributed by atoms with E-state index in [0.717, 1.165) is 12.8 Å². The minimum absolute atomic E-state index is 0.255. The third-order valence-corrected chi connectivity index (χ3v) is 6.89. The van der Waals surface area contributed by atoms with Crippen LogP contribution in [0, 0.1) is 13.5 Å². The van der Waals surface area contributed by atoms with Gasteiger partial charge in [0.1, 0.15) is 17.4 Å². The molecule has 11 nitrogen and oxygen atoms in total. The van der Waals surface area contributed by atoms with E-state index in [1.807, 2.05) is 0 Å². The largest absolute Gasteiger partial charge is 0.494 e. The predicted molar refractivity (Wildman–Crippen MR) is 149 cm³/mol. The first-order chi connectivity index (χ1) is 20.4. The normalized spacial score (nSPS) is 15.2. The summed E-state index contributed by atoms with van der Waals surface area (Å²) in [6, 6.07) is 12.3. The highest BCUT2D eigenvalue weighted by atomic mass is 19.3. The number of nitrogens with one attached hydrogen (secondary N) is 1. The molecule has 0 bridgehead atoms. The summed E-state index contributed by atoms with van der Waals surface area (Å²) in [5.74, 6) is 1.02. The van der Waals surface area contributed by atoms with Crippen molar-refractivity contribution in [1.82, 2.24) is 29.7 Å². The van der Waals surface area contributed by atoms with E-state index in [0.29, 0.717) is 58.8 Å². The van der Waals surface area contributed by atoms with Crippen LogP contribution in [-0.4, -0.2) is 43.4 Å². The number of alkyl halides is 2. The van der Waals surface area contributed by atoms with Crippen LogP contribution in [0.15, 0.2) is 47.0 Å². The first-order valence-electron chi connectivity index (χ1n) is 13.3. The number of benzene rings is 1. The van der Waals surface area contributed by atoms with Gasteiger partial charge in [-0.15, -0.1) is 4.98 Å². The van der Waals surface area contributed by atoms with E-state index in [4.69, 9.17) is 25.6 Å². The van der Waals surface area contributed by atoms with E-state index < -0.39 is 18.5 Å². The molecular weight excluding hydrogens is 546 g/mol. The summed E-state index contributed by atoms with van der Waals surface area (Å²) in [4.78, 5) is 21.3. The lowest BCUT2D eigenvalue weighted by molar-refractivity contribution is -0.0363. The monoisotopic (exact) mass is 572 g/mol. The number of imidazole rings is 1. The van der Waals surface area contributed by atoms with Gasteiger partial charge in [-0.25, -0.2) is 18.7 Å². The second kappa shape index (κ2) is 11.5. The summed E-state index contributed by atoms with van der Waals surface area (Å²) in [6.07, 6.45) is -0.950. The molecule has 6 rings (SSSR count). The number of halogens is 2. The van der Waals surface area contributed by atoms with Crippen molar-refractivity contribution >= 4 is 28.4 Å². The molecule has 214 valence electrons. The maximum atomic E-state index is 14.4. The number of hydrogen-bond donors (Lipinski definition) is 1. The van der Waals surface area contributed by atoms with Crippen molar-refractivity contribution in [3.8, 4) is 17.1 Å². The molecule has 13 heteroatoms.